The van der Waals surface area contributed by atoms with Gasteiger partial charge in [-0.1, -0.05) is 46.2 Å². The maximum atomic E-state index is 13.0. The molecule has 2 heterocycles. The molecule has 3 N–H and O–H groups in total. The molecule has 162 valence electrons. The fraction of sp³-hybridized carbons (Fsp3) is 0.524. The maximum Gasteiger partial charge on any atom is 0.326 e. The van der Waals surface area contributed by atoms with Gasteiger partial charge in [0, 0.05) is 13.1 Å². The van der Waals surface area contributed by atoms with E-state index in [4.69, 9.17) is 0 Å². The molecule has 0 saturated carbocycles. The molecule has 1 aromatic carbocycles. The molecule has 0 radical (unpaired) electrons. The van der Waals surface area contributed by atoms with Crippen molar-refractivity contribution in [3.8, 4) is 0 Å². The van der Waals surface area contributed by atoms with Crippen molar-refractivity contribution in [2.24, 2.45) is 11.8 Å². The summed E-state index contributed by atoms with van der Waals surface area (Å²) in [6.07, 6.45) is 0.611. The normalized spacial score (nSPS) is 16.2. The van der Waals surface area contributed by atoms with Gasteiger partial charge >= 0.3 is 12.0 Å². The van der Waals surface area contributed by atoms with Crippen molar-refractivity contribution in [3.05, 3.63) is 24.3 Å². The second-order valence-corrected chi connectivity index (χ2v) is 8.09. The SMILES string of the molecule is CCC(C)C(NC(=O)C(NC(=O)N1CCn2c1nc1ccccc12)C(C)C)C(=O)O. The van der Waals surface area contributed by atoms with Crippen LogP contribution < -0.4 is 15.5 Å². The minimum Gasteiger partial charge on any atom is -0.480 e. The number of benzene rings is 1. The van der Waals surface area contributed by atoms with Crippen LogP contribution >= 0.6 is 0 Å². The number of rotatable bonds is 7. The summed E-state index contributed by atoms with van der Waals surface area (Å²) < 4.78 is 1.97. The number of hydrogen-bond donors (Lipinski definition) is 3. The Labute approximate surface area is 175 Å². The average Bonchev–Trinajstić information content (AvgIpc) is 3.28. The summed E-state index contributed by atoms with van der Waals surface area (Å²) >= 11 is 0. The molecule has 0 bridgehead atoms. The second kappa shape index (κ2) is 8.73. The van der Waals surface area contributed by atoms with Crippen LogP contribution in [0.5, 0.6) is 0 Å². The lowest BCUT2D eigenvalue weighted by molar-refractivity contribution is -0.143. The topological polar surface area (TPSA) is 117 Å². The molecule has 1 aliphatic rings. The zero-order valence-corrected chi connectivity index (χ0v) is 17.8. The molecule has 3 atom stereocenters. The van der Waals surface area contributed by atoms with Gasteiger partial charge in [-0.15, -0.1) is 0 Å². The van der Waals surface area contributed by atoms with Crippen LogP contribution in [0.4, 0.5) is 10.7 Å². The molecule has 1 aromatic heterocycles. The number of aromatic nitrogens is 2. The van der Waals surface area contributed by atoms with Crippen LogP contribution in [0.25, 0.3) is 11.0 Å². The van der Waals surface area contributed by atoms with Crippen LogP contribution in [0.15, 0.2) is 24.3 Å². The predicted octanol–water partition coefficient (Wildman–Crippen LogP) is 2.21. The highest BCUT2D eigenvalue weighted by Crippen LogP contribution is 2.27. The van der Waals surface area contributed by atoms with E-state index in [1.165, 1.54) is 4.90 Å². The summed E-state index contributed by atoms with van der Waals surface area (Å²) in [7, 11) is 0. The van der Waals surface area contributed by atoms with Crippen LogP contribution in [0.2, 0.25) is 0 Å². The summed E-state index contributed by atoms with van der Waals surface area (Å²) in [5, 5.41) is 14.8. The van der Waals surface area contributed by atoms with Crippen LogP contribution in [0.3, 0.4) is 0 Å². The second-order valence-electron chi connectivity index (χ2n) is 8.09. The van der Waals surface area contributed by atoms with E-state index in [2.05, 4.69) is 15.6 Å². The number of urea groups is 1. The number of carbonyl (C=O) groups is 3. The van der Waals surface area contributed by atoms with Crippen LogP contribution in [-0.2, 0) is 16.1 Å². The highest BCUT2D eigenvalue weighted by atomic mass is 16.4. The van der Waals surface area contributed by atoms with Crippen molar-refractivity contribution in [3.63, 3.8) is 0 Å². The lowest BCUT2D eigenvalue weighted by atomic mass is 9.97. The standard InChI is InChI=1S/C21H29N5O4/c1-5-13(4)17(19(28)29)23-18(27)16(12(2)3)24-21(30)26-11-10-25-15-9-7-6-8-14(15)22-20(25)26/h6-9,12-13,16-17H,5,10-11H2,1-4H3,(H,23,27)(H,24,30)(H,28,29). The molecule has 9 heteroatoms. The quantitative estimate of drug-likeness (QED) is 0.641. The molecule has 0 spiro atoms. The number of amides is 3. The summed E-state index contributed by atoms with van der Waals surface area (Å²) in [6, 6.07) is 5.38. The van der Waals surface area contributed by atoms with Crippen LogP contribution in [0, 0.1) is 11.8 Å². The van der Waals surface area contributed by atoms with Crippen LogP contribution in [-0.4, -0.2) is 51.2 Å². The van der Waals surface area contributed by atoms with E-state index in [9.17, 15) is 19.5 Å². The monoisotopic (exact) mass is 415 g/mol. The molecular weight excluding hydrogens is 386 g/mol. The first-order valence-corrected chi connectivity index (χ1v) is 10.3. The van der Waals surface area contributed by atoms with Crippen molar-refractivity contribution in [2.45, 2.75) is 52.7 Å². The fourth-order valence-corrected chi connectivity index (χ4v) is 3.65. The molecule has 30 heavy (non-hydrogen) atoms. The lowest BCUT2D eigenvalue weighted by Gasteiger charge is -2.27. The van der Waals surface area contributed by atoms with Crippen molar-refractivity contribution >= 4 is 34.9 Å². The molecule has 3 rings (SSSR count). The van der Waals surface area contributed by atoms with Gasteiger partial charge in [-0.05, 0) is 24.0 Å². The molecule has 0 saturated heterocycles. The van der Waals surface area contributed by atoms with E-state index in [1.807, 2.05) is 49.6 Å². The van der Waals surface area contributed by atoms with Gasteiger partial charge < -0.3 is 20.3 Å². The number of imidazole rings is 1. The first kappa shape index (κ1) is 21.6. The lowest BCUT2D eigenvalue weighted by Crippen LogP contribution is -2.57. The smallest absolute Gasteiger partial charge is 0.326 e. The van der Waals surface area contributed by atoms with Gasteiger partial charge in [-0.2, -0.15) is 0 Å². The number of anilines is 1. The molecule has 0 aliphatic carbocycles. The Morgan fingerprint density at radius 3 is 2.43 bits per heavy atom. The first-order chi connectivity index (χ1) is 14.2. The minimum atomic E-state index is -1.08. The van der Waals surface area contributed by atoms with Crippen molar-refractivity contribution < 1.29 is 19.5 Å². The van der Waals surface area contributed by atoms with Crippen LogP contribution in [0.1, 0.15) is 34.1 Å². The minimum absolute atomic E-state index is 0.221. The third kappa shape index (κ3) is 4.10. The Morgan fingerprint density at radius 1 is 1.10 bits per heavy atom. The van der Waals surface area contributed by atoms with Crippen molar-refractivity contribution in [2.75, 3.05) is 11.4 Å². The molecule has 2 aromatic rings. The Morgan fingerprint density at radius 2 is 1.80 bits per heavy atom. The molecule has 3 amide bonds. The summed E-state index contributed by atoms with van der Waals surface area (Å²) in [4.78, 5) is 43.4. The Hall–Kier alpha value is -3.10. The van der Waals surface area contributed by atoms with E-state index in [1.54, 1.807) is 6.92 Å². The van der Waals surface area contributed by atoms with Gasteiger partial charge in [0.2, 0.25) is 11.9 Å². The Bertz CT molecular complexity index is 954. The summed E-state index contributed by atoms with van der Waals surface area (Å²) in [5.74, 6) is -1.49. The van der Waals surface area contributed by atoms with E-state index < -0.39 is 30.0 Å². The Kier molecular flexibility index (Phi) is 6.28. The predicted molar refractivity (Wildman–Crippen MR) is 113 cm³/mol. The van der Waals surface area contributed by atoms with Gasteiger partial charge in [0.05, 0.1) is 11.0 Å². The number of carboxylic acid groups (broad SMARTS) is 1. The Balaban J connectivity index is 1.75. The fourth-order valence-electron chi connectivity index (χ4n) is 3.65. The number of aliphatic carboxylic acids is 1. The first-order valence-electron chi connectivity index (χ1n) is 10.3. The molecule has 1 aliphatic heterocycles. The van der Waals surface area contributed by atoms with Crippen molar-refractivity contribution in [1.82, 2.24) is 20.2 Å². The number of fused-ring (bicyclic) bond motifs is 3. The summed E-state index contributed by atoms with van der Waals surface area (Å²) in [5.41, 5.74) is 1.76. The number of hydrogen-bond acceptors (Lipinski definition) is 4. The van der Waals surface area contributed by atoms with Crippen molar-refractivity contribution in [1.29, 1.82) is 0 Å². The average molecular weight is 415 g/mol. The number of carboxylic acids is 1. The number of carbonyl (C=O) groups excluding carboxylic acids is 2. The third-order valence-corrected chi connectivity index (χ3v) is 5.67. The van der Waals surface area contributed by atoms with Gasteiger partial charge in [0.25, 0.3) is 0 Å². The highest BCUT2D eigenvalue weighted by Gasteiger charge is 2.34. The molecular formula is C21H29N5O4. The maximum absolute atomic E-state index is 13.0. The zero-order chi connectivity index (χ0) is 22.0. The highest BCUT2D eigenvalue weighted by molar-refractivity contribution is 5.97. The largest absolute Gasteiger partial charge is 0.480 e. The van der Waals surface area contributed by atoms with Gasteiger partial charge in [-0.3, -0.25) is 9.69 Å². The summed E-state index contributed by atoms with van der Waals surface area (Å²) in [6.45, 7) is 8.34. The molecule has 9 nitrogen and oxygen atoms in total. The third-order valence-electron chi connectivity index (χ3n) is 5.67. The molecule has 0 fully saturated rings. The van der Waals surface area contributed by atoms with E-state index in [0.29, 0.717) is 25.5 Å². The number of nitrogens with one attached hydrogen (secondary N) is 2. The molecule has 3 unspecified atom stereocenters. The van der Waals surface area contributed by atoms with Gasteiger partial charge in [0.1, 0.15) is 12.1 Å². The van der Waals surface area contributed by atoms with Gasteiger partial charge in [-0.25, -0.2) is 14.6 Å². The number of nitrogens with zero attached hydrogens (tertiary/aromatic N) is 3. The van der Waals surface area contributed by atoms with Gasteiger partial charge in [0.15, 0.2) is 0 Å². The zero-order valence-electron chi connectivity index (χ0n) is 17.8. The van der Waals surface area contributed by atoms with E-state index in [0.717, 1.165) is 11.0 Å². The van der Waals surface area contributed by atoms with E-state index >= 15 is 0 Å². The van der Waals surface area contributed by atoms with E-state index in [-0.39, 0.29) is 11.8 Å². The number of para-hydroxylation sites is 2.